The van der Waals surface area contributed by atoms with E-state index >= 15 is 0 Å². The molecule has 0 aliphatic carbocycles. The average Bonchev–Trinajstić information content (AvgIpc) is 2.96. The van der Waals surface area contributed by atoms with Gasteiger partial charge in [-0.25, -0.2) is 9.59 Å². The van der Waals surface area contributed by atoms with Crippen LogP contribution in [-0.4, -0.2) is 25.2 Å². The van der Waals surface area contributed by atoms with Crippen LogP contribution in [0.3, 0.4) is 0 Å². The van der Waals surface area contributed by atoms with Gasteiger partial charge in [0.25, 0.3) is 0 Å². The predicted molar refractivity (Wildman–Crippen MR) is 154 cm³/mol. The standard InChI is InChI=1S/C31H26F6N4O3/c1-20-7-9-23(10-8-20)40-29(43)41(25-11-13-27(14-12-25)44-26-5-3-2-4-6-26)16-15-38-28(42)39-24-18-21(30(32,33)34)17-22(19-24)31(35,36)37/h2-14,17-19H,15-16H2,1H3,(H,40,43)(H2,38,39,42). The van der Waals surface area contributed by atoms with Gasteiger partial charge in [-0.2, -0.15) is 26.3 Å². The number of carbonyl (C=O) groups is 2. The lowest BCUT2D eigenvalue weighted by Crippen LogP contribution is -2.42. The fraction of sp³-hybridized carbons (Fsp3) is 0.161. The first kappa shape index (κ1) is 31.7. The largest absolute Gasteiger partial charge is 0.457 e. The quantitative estimate of drug-likeness (QED) is 0.173. The summed E-state index contributed by atoms with van der Waals surface area (Å²) in [7, 11) is 0. The molecule has 4 rings (SSSR count). The lowest BCUT2D eigenvalue weighted by Gasteiger charge is -2.24. The third kappa shape index (κ3) is 8.90. The number of nitrogens with one attached hydrogen (secondary N) is 3. The Labute approximate surface area is 248 Å². The third-order valence-electron chi connectivity index (χ3n) is 6.14. The van der Waals surface area contributed by atoms with Gasteiger partial charge >= 0.3 is 24.4 Å². The number of alkyl halides is 6. The number of halogens is 6. The van der Waals surface area contributed by atoms with E-state index in [0.29, 0.717) is 35.0 Å². The SMILES string of the molecule is Cc1ccc(NC(=O)N(CCNC(=O)Nc2cc(C(F)(F)F)cc(C(F)(F)F)c2)c2ccc(Oc3ccccc3)cc2)cc1. The normalized spacial score (nSPS) is 11.4. The van der Waals surface area contributed by atoms with Gasteiger partial charge in [-0.05, 0) is 73.7 Å². The Bertz CT molecular complexity index is 1540. The van der Waals surface area contributed by atoms with Crippen molar-refractivity contribution in [2.45, 2.75) is 19.3 Å². The highest BCUT2D eigenvalue weighted by molar-refractivity contribution is 6.02. The number of hydrogen-bond donors (Lipinski definition) is 3. The Morgan fingerprint density at radius 3 is 1.84 bits per heavy atom. The minimum atomic E-state index is -5.07. The highest BCUT2D eigenvalue weighted by Crippen LogP contribution is 2.37. The molecule has 0 aromatic heterocycles. The van der Waals surface area contributed by atoms with E-state index < -0.39 is 41.2 Å². The first-order chi connectivity index (χ1) is 20.8. The zero-order valence-corrected chi connectivity index (χ0v) is 23.1. The van der Waals surface area contributed by atoms with Gasteiger partial charge < -0.3 is 20.7 Å². The van der Waals surface area contributed by atoms with Crippen molar-refractivity contribution in [3.8, 4) is 11.5 Å². The van der Waals surface area contributed by atoms with Crippen molar-refractivity contribution < 1.29 is 40.7 Å². The van der Waals surface area contributed by atoms with Crippen LogP contribution in [0.15, 0.2) is 97.1 Å². The van der Waals surface area contributed by atoms with Crippen molar-refractivity contribution >= 4 is 29.1 Å². The topological polar surface area (TPSA) is 82.7 Å². The van der Waals surface area contributed by atoms with E-state index in [0.717, 1.165) is 5.56 Å². The van der Waals surface area contributed by atoms with Crippen LogP contribution in [0.25, 0.3) is 0 Å². The molecule has 4 amide bonds. The zero-order chi connectivity index (χ0) is 31.9. The summed E-state index contributed by atoms with van der Waals surface area (Å²) in [5, 5.41) is 7.11. The van der Waals surface area contributed by atoms with Crippen LogP contribution in [0.1, 0.15) is 16.7 Å². The van der Waals surface area contributed by atoms with Gasteiger partial charge in [0.2, 0.25) is 0 Å². The summed E-state index contributed by atoms with van der Waals surface area (Å²) in [6.07, 6.45) is -10.1. The summed E-state index contributed by atoms with van der Waals surface area (Å²) < 4.78 is 84.8. The number of ether oxygens (including phenoxy) is 1. The molecule has 4 aromatic carbocycles. The third-order valence-corrected chi connectivity index (χ3v) is 6.14. The molecule has 7 nitrogen and oxygen atoms in total. The van der Waals surface area contributed by atoms with Gasteiger partial charge in [-0.15, -0.1) is 0 Å². The molecule has 0 saturated heterocycles. The summed E-state index contributed by atoms with van der Waals surface area (Å²) in [5.74, 6) is 1.10. The predicted octanol–water partition coefficient (Wildman–Crippen LogP) is 8.69. The molecule has 4 aromatic rings. The van der Waals surface area contributed by atoms with E-state index in [1.807, 2.05) is 30.4 Å². The van der Waals surface area contributed by atoms with E-state index in [9.17, 15) is 35.9 Å². The van der Waals surface area contributed by atoms with E-state index in [1.165, 1.54) is 4.90 Å². The second-order valence-electron chi connectivity index (χ2n) is 9.53. The van der Waals surface area contributed by atoms with Crippen LogP contribution < -0.4 is 25.6 Å². The molecule has 3 N–H and O–H groups in total. The monoisotopic (exact) mass is 616 g/mol. The lowest BCUT2D eigenvalue weighted by atomic mass is 10.1. The Hall–Kier alpha value is -5.20. The highest BCUT2D eigenvalue weighted by atomic mass is 19.4. The molecule has 0 heterocycles. The van der Waals surface area contributed by atoms with Crippen molar-refractivity contribution in [1.82, 2.24) is 5.32 Å². The molecule has 0 radical (unpaired) electrons. The van der Waals surface area contributed by atoms with Crippen molar-refractivity contribution in [1.29, 1.82) is 0 Å². The molecule has 13 heteroatoms. The second kappa shape index (κ2) is 13.4. The molecule has 0 spiro atoms. The van der Waals surface area contributed by atoms with Gasteiger partial charge in [-0.1, -0.05) is 35.9 Å². The van der Waals surface area contributed by atoms with Crippen LogP contribution in [0, 0.1) is 6.92 Å². The van der Waals surface area contributed by atoms with Crippen LogP contribution in [0.5, 0.6) is 11.5 Å². The number of hydrogen-bond acceptors (Lipinski definition) is 3. The molecule has 0 bridgehead atoms. The Morgan fingerprint density at radius 1 is 0.705 bits per heavy atom. The van der Waals surface area contributed by atoms with Crippen LogP contribution in [-0.2, 0) is 12.4 Å². The van der Waals surface area contributed by atoms with Crippen molar-refractivity contribution in [3.05, 3.63) is 114 Å². The van der Waals surface area contributed by atoms with Crippen molar-refractivity contribution in [2.24, 2.45) is 0 Å². The Kier molecular flexibility index (Phi) is 9.67. The Morgan fingerprint density at radius 2 is 1.27 bits per heavy atom. The number of amides is 4. The molecule has 0 aliphatic rings. The number of anilines is 3. The average molecular weight is 617 g/mol. The fourth-order valence-corrected chi connectivity index (χ4v) is 3.98. The minimum Gasteiger partial charge on any atom is -0.457 e. The van der Waals surface area contributed by atoms with Crippen molar-refractivity contribution in [2.75, 3.05) is 28.6 Å². The number of benzene rings is 4. The molecule has 0 saturated carbocycles. The fourth-order valence-electron chi connectivity index (χ4n) is 3.98. The van der Waals surface area contributed by atoms with Gasteiger partial charge in [0.15, 0.2) is 0 Å². The van der Waals surface area contributed by atoms with E-state index in [4.69, 9.17) is 4.74 Å². The molecule has 0 atom stereocenters. The van der Waals surface area contributed by atoms with Crippen LogP contribution >= 0.6 is 0 Å². The number of rotatable bonds is 8. The minimum absolute atomic E-state index is 0.0379. The molecule has 0 aliphatic heterocycles. The first-order valence-electron chi connectivity index (χ1n) is 13.1. The highest BCUT2D eigenvalue weighted by Gasteiger charge is 2.37. The lowest BCUT2D eigenvalue weighted by molar-refractivity contribution is -0.143. The first-order valence-corrected chi connectivity index (χ1v) is 13.1. The molecule has 44 heavy (non-hydrogen) atoms. The van der Waals surface area contributed by atoms with E-state index in [-0.39, 0.29) is 19.2 Å². The summed E-state index contributed by atoms with van der Waals surface area (Å²) in [6, 6.07) is 21.7. The van der Waals surface area contributed by atoms with Crippen LogP contribution in [0.2, 0.25) is 0 Å². The van der Waals surface area contributed by atoms with E-state index in [2.05, 4.69) is 10.6 Å². The van der Waals surface area contributed by atoms with Gasteiger partial charge in [-0.3, -0.25) is 4.90 Å². The molecule has 0 fully saturated rings. The summed E-state index contributed by atoms with van der Waals surface area (Å²) in [4.78, 5) is 27.0. The maximum Gasteiger partial charge on any atom is 0.416 e. The van der Waals surface area contributed by atoms with Crippen molar-refractivity contribution in [3.63, 3.8) is 0 Å². The molecule has 0 unspecified atom stereocenters. The number of urea groups is 2. The molecular formula is C31H26F6N4O3. The summed E-state index contributed by atoms with van der Waals surface area (Å²) in [5.41, 5.74) is -1.93. The van der Waals surface area contributed by atoms with E-state index in [1.54, 1.807) is 60.7 Å². The summed E-state index contributed by atoms with van der Waals surface area (Å²) >= 11 is 0. The maximum absolute atomic E-state index is 13.2. The smallest absolute Gasteiger partial charge is 0.416 e. The maximum atomic E-state index is 13.2. The summed E-state index contributed by atoms with van der Waals surface area (Å²) in [6.45, 7) is 1.57. The number of para-hydroxylation sites is 1. The van der Waals surface area contributed by atoms with Gasteiger partial charge in [0.05, 0.1) is 11.1 Å². The van der Waals surface area contributed by atoms with Crippen LogP contribution in [0.4, 0.5) is 53.0 Å². The van der Waals surface area contributed by atoms with Gasteiger partial charge in [0.1, 0.15) is 11.5 Å². The molecular weight excluding hydrogens is 590 g/mol. The Balaban J connectivity index is 1.46. The number of carbonyl (C=O) groups excluding carboxylic acids is 2. The number of aryl methyl sites for hydroxylation is 1. The zero-order valence-electron chi connectivity index (χ0n) is 23.1. The second-order valence-corrected chi connectivity index (χ2v) is 9.53. The number of nitrogens with zero attached hydrogens (tertiary/aromatic N) is 1. The van der Waals surface area contributed by atoms with Gasteiger partial charge in [0, 0.05) is 30.2 Å². The molecule has 230 valence electrons.